The third-order valence-electron chi connectivity index (χ3n) is 6.31. The Hall–Kier alpha value is -3.97. The number of nitrogens with zero attached hydrogens (tertiary/aromatic N) is 3. The van der Waals surface area contributed by atoms with Gasteiger partial charge in [0.2, 0.25) is 5.91 Å². The highest BCUT2D eigenvalue weighted by atomic mass is 16.5. The second kappa shape index (κ2) is 11.6. The third kappa shape index (κ3) is 6.37. The molecule has 2 aromatic carbocycles. The Balaban J connectivity index is 1.58. The normalized spacial score (nSPS) is 14.1. The predicted molar refractivity (Wildman–Crippen MR) is 142 cm³/mol. The average Bonchev–Trinajstić information content (AvgIpc) is 2.91. The number of carbonyl (C=O) groups excluding carboxylic acids is 1. The highest BCUT2D eigenvalue weighted by Gasteiger charge is 2.28. The van der Waals surface area contributed by atoms with Crippen molar-refractivity contribution in [1.29, 1.82) is 0 Å². The summed E-state index contributed by atoms with van der Waals surface area (Å²) in [5.74, 6) is -0.649. The number of hydrogen-bond acceptors (Lipinski definition) is 5. The van der Waals surface area contributed by atoms with Gasteiger partial charge in [0.25, 0.3) is 0 Å². The van der Waals surface area contributed by atoms with E-state index in [-0.39, 0.29) is 11.8 Å². The van der Waals surface area contributed by atoms with Crippen LogP contribution < -0.4 is 9.80 Å². The van der Waals surface area contributed by atoms with Crippen LogP contribution in [-0.4, -0.2) is 49.3 Å². The van der Waals surface area contributed by atoms with Crippen molar-refractivity contribution in [1.82, 2.24) is 4.98 Å². The maximum atomic E-state index is 13.6. The van der Waals surface area contributed by atoms with Crippen LogP contribution in [0.1, 0.15) is 24.0 Å². The van der Waals surface area contributed by atoms with Gasteiger partial charge in [0, 0.05) is 51.2 Å². The summed E-state index contributed by atoms with van der Waals surface area (Å²) in [6.07, 6.45) is 5.53. The molecule has 2 heterocycles. The minimum absolute atomic E-state index is 0.00788. The third-order valence-corrected chi connectivity index (χ3v) is 6.31. The first-order valence-corrected chi connectivity index (χ1v) is 12.0. The number of benzene rings is 2. The number of pyridine rings is 1. The highest BCUT2D eigenvalue weighted by Crippen LogP contribution is 2.26. The molecule has 0 atom stereocenters. The lowest BCUT2D eigenvalue weighted by Crippen LogP contribution is -2.38. The fourth-order valence-corrected chi connectivity index (χ4v) is 4.23. The van der Waals surface area contributed by atoms with Crippen LogP contribution in [0.2, 0.25) is 0 Å². The van der Waals surface area contributed by atoms with Gasteiger partial charge in [0.15, 0.2) is 0 Å². The number of rotatable bonds is 8. The molecule has 0 spiro atoms. The van der Waals surface area contributed by atoms with E-state index >= 15 is 0 Å². The molecule has 1 aliphatic rings. The first kappa shape index (κ1) is 25.1. The topological polar surface area (TPSA) is 83.0 Å². The number of aliphatic carboxylic acids is 1. The van der Waals surface area contributed by atoms with Crippen LogP contribution in [0.25, 0.3) is 17.2 Å². The molecule has 36 heavy (non-hydrogen) atoms. The molecule has 186 valence electrons. The molecule has 4 rings (SSSR count). The quantitative estimate of drug-likeness (QED) is 0.458. The zero-order valence-electron chi connectivity index (χ0n) is 20.6. The fraction of sp³-hybridized carbons (Fsp3) is 0.276. The highest BCUT2D eigenvalue weighted by molar-refractivity contribution is 5.94. The standard InChI is InChI=1S/C29H31N3O4/c1-31(2)26-10-8-24(9-11-26)23-6-3-22(4-7-23)20-32(29(35)25-14-17-36-18-15-25)27-19-21(13-16-30-27)5-12-28(33)34/h3-13,16,19,25H,14-15,17-18,20H2,1-2H3,(H,33,34). The van der Waals surface area contributed by atoms with E-state index in [4.69, 9.17) is 9.84 Å². The van der Waals surface area contributed by atoms with E-state index in [1.165, 1.54) is 6.08 Å². The van der Waals surface area contributed by atoms with Gasteiger partial charge in [-0.15, -0.1) is 0 Å². The molecule has 3 aromatic rings. The van der Waals surface area contributed by atoms with E-state index < -0.39 is 5.97 Å². The number of ether oxygens (including phenoxy) is 1. The van der Waals surface area contributed by atoms with Gasteiger partial charge in [-0.05, 0) is 65.4 Å². The molecule has 0 saturated carbocycles. The van der Waals surface area contributed by atoms with E-state index in [1.54, 1.807) is 23.2 Å². The minimum Gasteiger partial charge on any atom is -0.478 e. The van der Waals surface area contributed by atoms with E-state index in [2.05, 4.69) is 46.3 Å². The lowest BCUT2D eigenvalue weighted by molar-refractivity contribution is -0.131. The smallest absolute Gasteiger partial charge is 0.328 e. The monoisotopic (exact) mass is 485 g/mol. The van der Waals surface area contributed by atoms with Crippen molar-refractivity contribution in [3.63, 3.8) is 0 Å². The molecule has 1 saturated heterocycles. The number of hydrogen-bond donors (Lipinski definition) is 1. The maximum Gasteiger partial charge on any atom is 0.328 e. The molecule has 0 unspecified atom stereocenters. The number of carboxylic acid groups (broad SMARTS) is 1. The summed E-state index contributed by atoms with van der Waals surface area (Å²) in [4.78, 5) is 32.7. The van der Waals surface area contributed by atoms with Gasteiger partial charge in [0.05, 0.1) is 6.54 Å². The molecule has 7 nitrogen and oxygen atoms in total. The van der Waals surface area contributed by atoms with Gasteiger partial charge >= 0.3 is 5.97 Å². The summed E-state index contributed by atoms with van der Waals surface area (Å²) in [6, 6.07) is 20.1. The number of carboxylic acids is 1. The predicted octanol–water partition coefficient (Wildman–Crippen LogP) is 4.87. The zero-order valence-corrected chi connectivity index (χ0v) is 20.6. The minimum atomic E-state index is -1.03. The van der Waals surface area contributed by atoms with Crippen molar-refractivity contribution in [2.75, 3.05) is 37.1 Å². The second-order valence-corrected chi connectivity index (χ2v) is 9.07. The molecule has 1 amide bonds. The van der Waals surface area contributed by atoms with Gasteiger partial charge in [-0.3, -0.25) is 9.69 Å². The summed E-state index contributed by atoms with van der Waals surface area (Å²) >= 11 is 0. The van der Waals surface area contributed by atoms with Crippen molar-refractivity contribution in [3.8, 4) is 11.1 Å². The number of anilines is 2. The van der Waals surface area contributed by atoms with E-state index in [0.29, 0.717) is 44.0 Å². The van der Waals surface area contributed by atoms with Gasteiger partial charge < -0.3 is 14.7 Å². The van der Waals surface area contributed by atoms with Crippen LogP contribution >= 0.6 is 0 Å². The summed E-state index contributed by atoms with van der Waals surface area (Å²) in [5, 5.41) is 8.97. The molecule has 0 bridgehead atoms. The second-order valence-electron chi connectivity index (χ2n) is 9.07. The molecule has 1 N–H and O–H groups in total. The maximum absolute atomic E-state index is 13.6. The molecular weight excluding hydrogens is 454 g/mol. The van der Waals surface area contributed by atoms with Gasteiger partial charge in [-0.1, -0.05) is 36.4 Å². The molecule has 0 aliphatic carbocycles. The van der Waals surface area contributed by atoms with Crippen LogP contribution in [0.15, 0.2) is 72.9 Å². The lowest BCUT2D eigenvalue weighted by Gasteiger charge is -2.29. The van der Waals surface area contributed by atoms with Gasteiger partial charge in [-0.2, -0.15) is 0 Å². The first-order chi connectivity index (χ1) is 17.4. The van der Waals surface area contributed by atoms with Crippen molar-refractivity contribution in [3.05, 3.63) is 84.1 Å². The van der Waals surface area contributed by atoms with Crippen molar-refractivity contribution in [2.45, 2.75) is 19.4 Å². The molecular formula is C29H31N3O4. The van der Waals surface area contributed by atoms with Crippen LogP contribution in [0.3, 0.4) is 0 Å². The summed E-state index contributed by atoms with van der Waals surface area (Å²) in [5.41, 5.74) is 5.03. The summed E-state index contributed by atoms with van der Waals surface area (Å²) in [6.45, 7) is 1.51. The Morgan fingerprint density at radius 3 is 2.25 bits per heavy atom. The number of aromatic nitrogens is 1. The first-order valence-electron chi connectivity index (χ1n) is 12.0. The Morgan fingerprint density at radius 2 is 1.64 bits per heavy atom. The molecule has 0 radical (unpaired) electrons. The van der Waals surface area contributed by atoms with Gasteiger partial charge in [-0.25, -0.2) is 9.78 Å². The summed E-state index contributed by atoms with van der Waals surface area (Å²) < 4.78 is 5.45. The van der Waals surface area contributed by atoms with Crippen LogP contribution in [0, 0.1) is 5.92 Å². The van der Waals surface area contributed by atoms with E-state index in [0.717, 1.165) is 28.5 Å². The van der Waals surface area contributed by atoms with Crippen LogP contribution in [-0.2, 0) is 20.9 Å². The lowest BCUT2D eigenvalue weighted by atomic mass is 9.98. The largest absolute Gasteiger partial charge is 0.478 e. The van der Waals surface area contributed by atoms with Crippen LogP contribution in [0.5, 0.6) is 0 Å². The van der Waals surface area contributed by atoms with E-state index in [9.17, 15) is 9.59 Å². The molecule has 1 aliphatic heterocycles. The molecule has 1 aromatic heterocycles. The zero-order chi connectivity index (χ0) is 25.5. The Labute approximate surface area is 211 Å². The van der Waals surface area contributed by atoms with E-state index in [1.807, 2.05) is 26.2 Å². The van der Waals surface area contributed by atoms with Crippen molar-refractivity contribution >= 4 is 29.5 Å². The SMILES string of the molecule is CN(C)c1ccc(-c2ccc(CN(C(=O)C3CCOCC3)c3cc(C=CC(=O)O)ccn3)cc2)cc1. The Morgan fingerprint density at radius 1 is 1.00 bits per heavy atom. The fourth-order valence-electron chi connectivity index (χ4n) is 4.23. The van der Waals surface area contributed by atoms with Crippen molar-refractivity contribution in [2.24, 2.45) is 5.92 Å². The number of carbonyl (C=O) groups is 2. The van der Waals surface area contributed by atoms with Crippen molar-refractivity contribution < 1.29 is 19.4 Å². The van der Waals surface area contributed by atoms with Gasteiger partial charge in [0.1, 0.15) is 5.82 Å². The molecule has 7 heteroatoms. The molecule has 1 fully saturated rings. The summed E-state index contributed by atoms with van der Waals surface area (Å²) in [7, 11) is 4.04. The average molecular weight is 486 g/mol. The number of amides is 1. The Bertz CT molecular complexity index is 1210. The van der Waals surface area contributed by atoms with Crippen LogP contribution in [0.4, 0.5) is 11.5 Å². The Kier molecular flexibility index (Phi) is 8.13.